The van der Waals surface area contributed by atoms with Crippen molar-refractivity contribution < 1.29 is 38.9 Å². The molecule has 0 atom stereocenters. The van der Waals surface area contributed by atoms with Crippen LogP contribution >= 0.6 is 0 Å². The van der Waals surface area contributed by atoms with E-state index in [1.807, 2.05) is 0 Å². The minimum atomic E-state index is -4.81. The van der Waals surface area contributed by atoms with Crippen molar-refractivity contribution in [1.82, 2.24) is 0 Å². The van der Waals surface area contributed by atoms with Crippen LogP contribution in [0.15, 0.2) is 108 Å². The van der Waals surface area contributed by atoms with Crippen LogP contribution < -0.4 is 5.73 Å². The highest BCUT2D eigenvalue weighted by Gasteiger charge is 2.22. The highest BCUT2D eigenvalue weighted by molar-refractivity contribution is 7.86. The number of azo groups is 2. The Hall–Kier alpha value is -4.65. The molecule has 0 aromatic heterocycles. The van der Waals surface area contributed by atoms with Crippen LogP contribution in [0.4, 0.5) is 28.4 Å². The van der Waals surface area contributed by atoms with Crippen molar-refractivity contribution in [2.45, 2.75) is 28.5 Å². The monoisotopic (exact) mass is 669 g/mol. The average molecular weight is 670 g/mol. The van der Waals surface area contributed by atoms with Gasteiger partial charge >= 0.3 is 0 Å². The standard InChI is InChI=1S/C28H23N5O9S3/c1-15-13-25(32-33-28-20-4-3-5-26(44(37,38)39)19(20)8-11-27(28)45(40,41)42)16(2)12-24(15)31-30-23-10-9-22(29)18-7-6-17(14-21(18)23)43(34,35)36/h3-14H,29H2,1-2H3,(H,34,35,36)(H,37,38,39)(H,40,41,42). The maximum Gasteiger partial charge on any atom is 0.296 e. The normalized spacial score (nSPS) is 13.0. The Labute approximate surface area is 257 Å². The molecular formula is C28H23N5O9S3. The van der Waals surface area contributed by atoms with E-state index >= 15 is 0 Å². The molecule has 5 rings (SSSR count). The molecule has 0 amide bonds. The van der Waals surface area contributed by atoms with E-state index in [0.29, 0.717) is 33.3 Å². The van der Waals surface area contributed by atoms with Crippen molar-refractivity contribution >= 4 is 80.3 Å². The van der Waals surface area contributed by atoms with E-state index in [1.54, 1.807) is 38.1 Å². The smallest absolute Gasteiger partial charge is 0.296 e. The lowest BCUT2D eigenvalue weighted by atomic mass is 10.1. The van der Waals surface area contributed by atoms with E-state index in [4.69, 9.17) is 5.73 Å². The van der Waals surface area contributed by atoms with E-state index in [0.717, 1.165) is 18.2 Å². The molecule has 5 aromatic carbocycles. The zero-order valence-corrected chi connectivity index (χ0v) is 25.8. The minimum absolute atomic E-state index is 0.00308. The van der Waals surface area contributed by atoms with E-state index in [2.05, 4.69) is 20.5 Å². The second kappa shape index (κ2) is 11.4. The Morgan fingerprint density at radius 1 is 0.533 bits per heavy atom. The van der Waals surface area contributed by atoms with Crippen molar-refractivity contribution in [3.05, 3.63) is 83.9 Å². The van der Waals surface area contributed by atoms with Crippen molar-refractivity contribution in [2.75, 3.05) is 5.73 Å². The predicted octanol–water partition coefficient (Wildman–Crippen LogP) is 6.76. The Balaban J connectivity index is 1.57. The molecular weight excluding hydrogens is 647 g/mol. The Bertz CT molecular complexity index is 2440. The summed E-state index contributed by atoms with van der Waals surface area (Å²) in [5.74, 6) is 0. The number of hydrogen-bond acceptors (Lipinski definition) is 11. The molecule has 14 nitrogen and oxygen atoms in total. The number of nitrogens with zero attached hydrogens (tertiary/aromatic N) is 4. The molecule has 0 bridgehead atoms. The fraction of sp³-hybridized carbons (Fsp3) is 0.0714. The van der Waals surface area contributed by atoms with Gasteiger partial charge in [0.15, 0.2) is 0 Å². The number of fused-ring (bicyclic) bond motifs is 2. The van der Waals surface area contributed by atoms with Gasteiger partial charge in [-0.3, -0.25) is 13.7 Å². The van der Waals surface area contributed by atoms with E-state index in [-0.39, 0.29) is 32.7 Å². The fourth-order valence-electron chi connectivity index (χ4n) is 4.63. The highest BCUT2D eigenvalue weighted by Crippen LogP contribution is 2.39. The summed E-state index contributed by atoms with van der Waals surface area (Å²) >= 11 is 0. The summed E-state index contributed by atoms with van der Waals surface area (Å²) in [6, 6.07) is 16.1. The van der Waals surface area contributed by atoms with Crippen molar-refractivity contribution in [1.29, 1.82) is 0 Å². The third-order valence-corrected chi connectivity index (χ3v) is 9.49. The van der Waals surface area contributed by atoms with Crippen LogP contribution in [0.2, 0.25) is 0 Å². The van der Waals surface area contributed by atoms with Crippen LogP contribution in [0.5, 0.6) is 0 Å². The van der Waals surface area contributed by atoms with Crippen molar-refractivity contribution in [3.63, 3.8) is 0 Å². The highest BCUT2D eigenvalue weighted by atomic mass is 32.2. The van der Waals surface area contributed by atoms with Gasteiger partial charge in [0.1, 0.15) is 15.5 Å². The minimum Gasteiger partial charge on any atom is -0.398 e. The van der Waals surface area contributed by atoms with Crippen molar-refractivity contribution in [2.24, 2.45) is 20.5 Å². The van der Waals surface area contributed by atoms with E-state index in [9.17, 15) is 38.9 Å². The largest absolute Gasteiger partial charge is 0.398 e. The van der Waals surface area contributed by atoms with Gasteiger partial charge in [0.2, 0.25) is 0 Å². The molecule has 45 heavy (non-hydrogen) atoms. The van der Waals surface area contributed by atoms with E-state index in [1.165, 1.54) is 30.3 Å². The molecule has 0 aliphatic heterocycles. The van der Waals surface area contributed by atoms with Crippen LogP contribution in [0, 0.1) is 13.8 Å². The lowest BCUT2D eigenvalue weighted by Gasteiger charge is -2.10. The molecule has 0 saturated heterocycles. The van der Waals surface area contributed by atoms with Gasteiger partial charge in [-0.1, -0.05) is 24.3 Å². The summed E-state index contributed by atoms with van der Waals surface area (Å²) in [6.45, 7) is 3.37. The molecule has 0 saturated carbocycles. The summed E-state index contributed by atoms with van der Waals surface area (Å²) in [6.07, 6.45) is 0. The van der Waals surface area contributed by atoms with Gasteiger partial charge in [0.25, 0.3) is 30.4 Å². The molecule has 232 valence electrons. The zero-order chi connectivity index (χ0) is 32.9. The third kappa shape index (κ3) is 6.44. The van der Waals surface area contributed by atoms with Crippen LogP contribution in [0.3, 0.4) is 0 Å². The first kappa shape index (κ1) is 31.8. The predicted molar refractivity (Wildman–Crippen MR) is 166 cm³/mol. The first-order valence-electron chi connectivity index (χ1n) is 12.7. The molecule has 0 fully saturated rings. The number of rotatable bonds is 7. The Morgan fingerprint density at radius 2 is 1.11 bits per heavy atom. The lowest BCUT2D eigenvalue weighted by molar-refractivity contribution is 0.481. The van der Waals surface area contributed by atoms with Crippen LogP contribution in [-0.2, 0) is 30.4 Å². The molecule has 0 radical (unpaired) electrons. The lowest BCUT2D eigenvalue weighted by Crippen LogP contribution is -2.02. The maximum absolute atomic E-state index is 12.1. The molecule has 5 aromatic rings. The zero-order valence-electron chi connectivity index (χ0n) is 23.3. The molecule has 5 N–H and O–H groups in total. The van der Waals surface area contributed by atoms with Crippen LogP contribution in [0.1, 0.15) is 11.1 Å². The Morgan fingerprint density at radius 3 is 1.71 bits per heavy atom. The fourth-order valence-corrected chi connectivity index (χ4v) is 6.47. The van der Waals surface area contributed by atoms with Gasteiger partial charge in [0.05, 0.1) is 22.0 Å². The number of aryl methyl sites for hydroxylation is 2. The topological polar surface area (TPSA) is 239 Å². The van der Waals surface area contributed by atoms with Crippen LogP contribution in [0.25, 0.3) is 21.5 Å². The first-order valence-corrected chi connectivity index (χ1v) is 17.0. The van der Waals surface area contributed by atoms with Gasteiger partial charge in [-0.15, -0.1) is 10.2 Å². The quantitative estimate of drug-likeness (QED) is 0.0806. The number of nitrogens with two attached hydrogens (primary N) is 1. The first-order chi connectivity index (χ1) is 20.9. The number of benzene rings is 5. The molecule has 0 heterocycles. The number of hydrogen-bond donors (Lipinski definition) is 4. The number of anilines is 1. The van der Waals surface area contributed by atoms with Gasteiger partial charge < -0.3 is 5.73 Å². The summed E-state index contributed by atoms with van der Waals surface area (Å²) in [5.41, 5.74) is 8.11. The third-order valence-electron chi connectivity index (χ3n) is 6.85. The molecule has 0 spiro atoms. The molecule has 0 aliphatic rings. The SMILES string of the molecule is Cc1cc(N=Nc2c(S(=O)(=O)O)ccc3c(S(=O)(=O)O)cccc23)c(C)cc1N=Nc1ccc(N)c2ccc(S(=O)(=O)O)cc12. The van der Waals surface area contributed by atoms with Gasteiger partial charge in [0, 0.05) is 27.2 Å². The average Bonchev–Trinajstić information content (AvgIpc) is 2.95. The summed E-state index contributed by atoms with van der Waals surface area (Å²) in [7, 11) is -14.0. The molecule has 0 unspecified atom stereocenters. The van der Waals surface area contributed by atoms with Gasteiger partial charge in [-0.25, -0.2) is 0 Å². The summed E-state index contributed by atoms with van der Waals surface area (Å²) < 4.78 is 100. The second-order valence-corrected chi connectivity index (χ2v) is 14.1. The maximum atomic E-state index is 12.1. The van der Waals surface area contributed by atoms with Gasteiger partial charge in [-0.05, 0) is 73.5 Å². The van der Waals surface area contributed by atoms with Crippen molar-refractivity contribution in [3.8, 4) is 0 Å². The second-order valence-electron chi connectivity index (χ2n) is 9.90. The summed E-state index contributed by atoms with van der Waals surface area (Å²) in [4.78, 5) is -1.45. The van der Waals surface area contributed by atoms with Crippen LogP contribution in [-0.4, -0.2) is 38.9 Å². The Kier molecular flexibility index (Phi) is 8.02. The molecule has 17 heteroatoms. The van der Waals surface area contributed by atoms with E-state index < -0.39 is 40.1 Å². The number of nitrogen functional groups attached to an aromatic ring is 1. The van der Waals surface area contributed by atoms with Gasteiger partial charge in [-0.2, -0.15) is 35.5 Å². The summed E-state index contributed by atoms with van der Waals surface area (Å²) in [5, 5.41) is 17.6. The molecule has 0 aliphatic carbocycles.